The minimum absolute atomic E-state index is 0.00615. The fourth-order valence-corrected chi connectivity index (χ4v) is 5.06. The van der Waals surface area contributed by atoms with Gasteiger partial charge in [-0.2, -0.15) is 0 Å². The van der Waals surface area contributed by atoms with E-state index in [1.54, 1.807) is 19.1 Å². The van der Waals surface area contributed by atoms with Crippen LogP contribution in [0, 0.1) is 11.8 Å². The fourth-order valence-electron chi connectivity index (χ4n) is 5.06. The summed E-state index contributed by atoms with van der Waals surface area (Å²) in [5.41, 5.74) is 2.20. The lowest BCUT2D eigenvalue weighted by Crippen LogP contribution is -2.28. The summed E-state index contributed by atoms with van der Waals surface area (Å²) in [5, 5.41) is 0. The van der Waals surface area contributed by atoms with Crippen molar-refractivity contribution in [2.45, 2.75) is 44.9 Å². The monoisotopic (exact) mass is 508 g/mol. The number of hydrogen-bond acceptors (Lipinski definition) is 6. The highest BCUT2D eigenvalue weighted by Gasteiger charge is 2.42. The van der Waals surface area contributed by atoms with Crippen LogP contribution in [-0.4, -0.2) is 67.9 Å². The lowest BCUT2D eigenvalue weighted by Gasteiger charge is -2.25. The lowest BCUT2D eigenvalue weighted by atomic mass is 10.1. The molecule has 3 aliphatic heterocycles. The van der Waals surface area contributed by atoms with Gasteiger partial charge in [-0.3, -0.25) is 9.59 Å². The molecule has 5 rings (SSSR count). The van der Waals surface area contributed by atoms with Crippen LogP contribution in [0.4, 0.5) is 0 Å². The van der Waals surface area contributed by atoms with Crippen molar-refractivity contribution in [1.29, 1.82) is 0 Å². The highest BCUT2D eigenvalue weighted by atomic mass is 16.6. The van der Waals surface area contributed by atoms with E-state index in [9.17, 15) is 14.4 Å². The molecular formula is C29H36N2O6. The van der Waals surface area contributed by atoms with Crippen LogP contribution in [0.2, 0.25) is 0 Å². The summed E-state index contributed by atoms with van der Waals surface area (Å²) < 4.78 is 15.6. The number of carbonyl (C=O) groups excluding carboxylic acids is 3. The molecule has 0 saturated carbocycles. The van der Waals surface area contributed by atoms with Gasteiger partial charge in [0, 0.05) is 37.8 Å². The van der Waals surface area contributed by atoms with Crippen molar-refractivity contribution in [2.75, 3.05) is 33.9 Å². The van der Waals surface area contributed by atoms with Gasteiger partial charge < -0.3 is 28.8 Å². The summed E-state index contributed by atoms with van der Waals surface area (Å²) in [6.07, 6.45) is 2.16. The van der Waals surface area contributed by atoms with Gasteiger partial charge in [0.05, 0.1) is 39.0 Å². The van der Waals surface area contributed by atoms with Gasteiger partial charge in [0.2, 0.25) is 11.8 Å². The summed E-state index contributed by atoms with van der Waals surface area (Å²) in [7, 11) is 3.28. The Kier molecular flexibility index (Phi) is 8.48. The van der Waals surface area contributed by atoms with Crippen molar-refractivity contribution in [2.24, 2.45) is 11.8 Å². The molecule has 3 fully saturated rings. The number of amides is 2. The maximum atomic E-state index is 12.1. The highest BCUT2D eigenvalue weighted by molar-refractivity contribution is 5.83. The van der Waals surface area contributed by atoms with Gasteiger partial charge in [-0.05, 0) is 49.2 Å². The van der Waals surface area contributed by atoms with Gasteiger partial charge in [0.1, 0.15) is 17.8 Å². The van der Waals surface area contributed by atoms with Crippen molar-refractivity contribution in [1.82, 2.24) is 9.80 Å². The molecule has 1 unspecified atom stereocenters. The van der Waals surface area contributed by atoms with E-state index in [4.69, 9.17) is 14.2 Å². The molecule has 0 bridgehead atoms. The second-order valence-electron chi connectivity index (χ2n) is 9.93. The quantitative estimate of drug-likeness (QED) is 0.398. The van der Waals surface area contributed by atoms with Crippen LogP contribution in [0.25, 0.3) is 0 Å². The molecule has 0 aliphatic carbocycles. The van der Waals surface area contributed by atoms with Crippen molar-refractivity contribution < 1.29 is 28.6 Å². The molecule has 37 heavy (non-hydrogen) atoms. The van der Waals surface area contributed by atoms with Crippen molar-refractivity contribution in [3.63, 3.8) is 0 Å². The van der Waals surface area contributed by atoms with E-state index < -0.39 is 0 Å². The van der Waals surface area contributed by atoms with E-state index in [0.29, 0.717) is 31.4 Å². The van der Waals surface area contributed by atoms with Crippen molar-refractivity contribution in [3.8, 4) is 11.5 Å². The average Bonchev–Trinajstić information content (AvgIpc) is 3.61. The van der Waals surface area contributed by atoms with Crippen LogP contribution in [0.15, 0.2) is 48.5 Å². The van der Waals surface area contributed by atoms with Crippen LogP contribution in [0.5, 0.6) is 11.5 Å². The highest BCUT2D eigenvalue weighted by Crippen LogP contribution is 2.34. The minimum atomic E-state index is -0.154. The van der Waals surface area contributed by atoms with Gasteiger partial charge in [-0.15, -0.1) is 0 Å². The largest absolute Gasteiger partial charge is 0.497 e. The van der Waals surface area contributed by atoms with Crippen LogP contribution in [0.1, 0.15) is 49.9 Å². The number of rotatable bonds is 8. The normalized spacial score (nSPS) is 24.3. The third kappa shape index (κ3) is 6.31. The van der Waals surface area contributed by atoms with Crippen LogP contribution in [0.3, 0.4) is 0 Å². The molecule has 5 atom stereocenters. The Morgan fingerprint density at radius 2 is 1.27 bits per heavy atom. The summed E-state index contributed by atoms with van der Waals surface area (Å²) in [6.45, 7) is 6.22. The van der Waals surface area contributed by atoms with Crippen LogP contribution < -0.4 is 9.47 Å². The first kappa shape index (κ1) is 26.7. The van der Waals surface area contributed by atoms with E-state index in [2.05, 4.69) is 6.92 Å². The van der Waals surface area contributed by atoms with Crippen LogP contribution >= 0.6 is 0 Å². The van der Waals surface area contributed by atoms with Crippen LogP contribution in [-0.2, 0) is 19.1 Å². The number of aldehydes is 1. The summed E-state index contributed by atoms with van der Waals surface area (Å²) in [5.74, 6) is 2.16. The van der Waals surface area contributed by atoms with E-state index in [1.165, 1.54) is 0 Å². The second kappa shape index (κ2) is 11.8. The number of likely N-dealkylation sites (tertiary alicyclic amines) is 2. The Hall–Kier alpha value is -3.39. The topological polar surface area (TPSA) is 88.7 Å². The number of methoxy groups -OCH3 is 2. The number of ether oxygens (including phenoxy) is 3. The maximum absolute atomic E-state index is 12.1. The average molecular weight is 509 g/mol. The number of carbonyl (C=O) groups is 3. The first-order valence-electron chi connectivity index (χ1n) is 12.8. The third-order valence-electron chi connectivity index (χ3n) is 7.59. The predicted molar refractivity (Wildman–Crippen MR) is 138 cm³/mol. The van der Waals surface area contributed by atoms with Gasteiger partial charge in [-0.1, -0.05) is 24.3 Å². The molecule has 2 aromatic rings. The molecule has 0 radical (unpaired) electrons. The number of nitrogens with zero attached hydrogens (tertiary/aromatic N) is 2. The number of epoxide rings is 1. The summed E-state index contributed by atoms with van der Waals surface area (Å²) >= 11 is 0. The Morgan fingerprint density at radius 1 is 0.811 bits per heavy atom. The summed E-state index contributed by atoms with van der Waals surface area (Å²) in [4.78, 5) is 38.4. The molecule has 3 heterocycles. The zero-order valence-electron chi connectivity index (χ0n) is 22.0. The minimum Gasteiger partial charge on any atom is -0.497 e. The van der Waals surface area contributed by atoms with E-state index >= 15 is 0 Å². The SMILES string of the molecule is COc1ccc([C@@H](C)N2C[C@H](C3CO3)CC2=O)cc1.COc1ccc([C@@H](C)N2C[C@H](C=O)CC2=O)cc1. The van der Waals surface area contributed by atoms with E-state index in [1.807, 2.05) is 60.4 Å². The Morgan fingerprint density at radius 3 is 1.68 bits per heavy atom. The smallest absolute Gasteiger partial charge is 0.223 e. The maximum Gasteiger partial charge on any atom is 0.223 e. The molecule has 198 valence electrons. The van der Waals surface area contributed by atoms with Gasteiger partial charge >= 0.3 is 0 Å². The standard InChI is InChI=1S/C15H19NO3.C14H17NO3/c1-10(11-3-5-13(18-2)6-4-11)16-8-12(7-15(16)17)14-9-19-14;1-10(12-3-5-13(18-2)6-4-12)15-8-11(9-16)7-14(15)17/h3-6,10,12,14H,7-9H2,1-2H3;3-6,9-11H,7-8H2,1-2H3/t10-,12-,14?;10-,11-/m11/s1. The van der Waals surface area contributed by atoms with Gasteiger partial charge in [-0.25, -0.2) is 0 Å². The van der Waals surface area contributed by atoms with Gasteiger partial charge in [0.25, 0.3) is 0 Å². The predicted octanol–water partition coefficient (Wildman–Crippen LogP) is 3.81. The molecule has 0 N–H and O–H groups in total. The fraction of sp³-hybridized carbons (Fsp3) is 0.483. The van der Waals surface area contributed by atoms with Crippen molar-refractivity contribution >= 4 is 18.1 Å². The summed E-state index contributed by atoms with van der Waals surface area (Å²) in [6, 6.07) is 15.7. The molecule has 0 spiro atoms. The molecular weight excluding hydrogens is 472 g/mol. The first-order valence-corrected chi connectivity index (χ1v) is 12.8. The second-order valence-corrected chi connectivity index (χ2v) is 9.93. The molecule has 3 saturated heterocycles. The molecule has 8 nitrogen and oxygen atoms in total. The van der Waals surface area contributed by atoms with E-state index in [0.717, 1.165) is 42.1 Å². The number of benzene rings is 2. The Bertz CT molecular complexity index is 1080. The zero-order valence-corrected chi connectivity index (χ0v) is 22.0. The Labute approximate surface area is 218 Å². The third-order valence-corrected chi connectivity index (χ3v) is 7.59. The number of hydrogen-bond donors (Lipinski definition) is 0. The molecule has 2 aromatic carbocycles. The van der Waals surface area contributed by atoms with Crippen molar-refractivity contribution in [3.05, 3.63) is 59.7 Å². The zero-order chi connectivity index (χ0) is 26.5. The van der Waals surface area contributed by atoms with Gasteiger partial charge in [0.15, 0.2) is 0 Å². The molecule has 0 aromatic heterocycles. The Balaban J connectivity index is 0.000000173. The molecule has 8 heteroatoms. The first-order chi connectivity index (χ1) is 17.8. The lowest BCUT2D eigenvalue weighted by molar-refractivity contribution is -0.130. The molecule has 3 aliphatic rings. The molecule has 2 amide bonds. The van der Waals surface area contributed by atoms with E-state index in [-0.39, 0.29) is 29.8 Å².